The van der Waals surface area contributed by atoms with E-state index in [2.05, 4.69) is 10.6 Å². The summed E-state index contributed by atoms with van der Waals surface area (Å²) in [5.74, 6) is -0.0894. The molecule has 0 saturated heterocycles. The van der Waals surface area contributed by atoms with Crippen LogP contribution in [-0.2, 0) is 4.79 Å². The number of hydrogen-bond acceptors (Lipinski definition) is 2. The van der Waals surface area contributed by atoms with Crippen LogP contribution in [-0.4, -0.2) is 30.2 Å². The van der Waals surface area contributed by atoms with Crippen molar-refractivity contribution in [2.45, 2.75) is 58.8 Å². The summed E-state index contributed by atoms with van der Waals surface area (Å²) < 4.78 is 0. The summed E-state index contributed by atoms with van der Waals surface area (Å²) in [6, 6.07) is -0.254. The smallest absolute Gasteiger partial charge is 0.314 e. The van der Waals surface area contributed by atoms with Crippen molar-refractivity contribution < 1.29 is 14.7 Å². The Balaban J connectivity index is 2.25. The van der Waals surface area contributed by atoms with Crippen molar-refractivity contribution in [3.8, 4) is 0 Å². The Morgan fingerprint density at radius 1 is 1.15 bits per heavy atom. The van der Waals surface area contributed by atoms with Crippen LogP contribution in [0.5, 0.6) is 0 Å². The highest BCUT2D eigenvalue weighted by Gasteiger charge is 2.35. The summed E-state index contributed by atoms with van der Waals surface area (Å²) >= 11 is 0. The highest BCUT2D eigenvalue weighted by atomic mass is 16.4. The van der Waals surface area contributed by atoms with E-state index in [0.29, 0.717) is 19.4 Å². The van der Waals surface area contributed by atoms with Crippen molar-refractivity contribution in [1.82, 2.24) is 10.6 Å². The zero-order valence-corrected chi connectivity index (χ0v) is 12.7. The first kappa shape index (κ1) is 16.8. The van der Waals surface area contributed by atoms with Gasteiger partial charge in [-0.05, 0) is 25.2 Å². The standard InChI is InChI=1S/C15H28N2O3/c1-3-15(4-2,13(18)19)11-17-14(20)16-10-9-12-7-5-6-8-12/h12H,3-11H2,1-2H3,(H,18,19)(H2,16,17,20). The van der Waals surface area contributed by atoms with E-state index in [4.69, 9.17) is 0 Å². The topological polar surface area (TPSA) is 78.4 Å². The van der Waals surface area contributed by atoms with Crippen molar-refractivity contribution in [1.29, 1.82) is 0 Å². The molecule has 0 spiro atoms. The minimum Gasteiger partial charge on any atom is -0.481 e. The van der Waals surface area contributed by atoms with Gasteiger partial charge in [0.1, 0.15) is 0 Å². The first-order valence-corrected chi connectivity index (χ1v) is 7.79. The molecule has 5 nitrogen and oxygen atoms in total. The van der Waals surface area contributed by atoms with E-state index in [-0.39, 0.29) is 12.6 Å². The molecule has 1 fully saturated rings. The number of carboxylic acids is 1. The van der Waals surface area contributed by atoms with Crippen LogP contribution in [0.3, 0.4) is 0 Å². The number of hydrogen-bond donors (Lipinski definition) is 3. The number of amides is 2. The predicted octanol–water partition coefficient (Wildman–Crippen LogP) is 2.76. The first-order chi connectivity index (χ1) is 9.54. The number of nitrogens with one attached hydrogen (secondary N) is 2. The van der Waals surface area contributed by atoms with Crippen LogP contribution in [0.4, 0.5) is 4.79 Å². The van der Waals surface area contributed by atoms with Gasteiger partial charge in [0, 0.05) is 13.1 Å². The van der Waals surface area contributed by atoms with Gasteiger partial charge in [-0.2, -0.15) is 0 Å². The first-order valence-electron chi connectivity index (χ1n) is 7.79. The van der Waals surface area contributed by atoms with E-state index in [1.165, 1.54) is 25.7 Å². The van der Waals surface area contributed by atoms with Gasteiger partial charge in [-0.25, -0.2) is 4.79 Å². The Bertz CT molecular complexity index is 321. The highest BCUT2D eigenvalue weighted by molar-refractivity contribution is 5.78. The van der Waals surface area contributed by atoms with E-state index in [1.807, 2.05) is 13.8 Å². The average molecular weight is 284 g/mol. The molecule has 20 heavy (non-hydrogen) atoms. The van der Waals surface area contributed by atoms with Gasteiger partial charge in [0.2, 0.25) is 0 Å². The van der Waals surface area contributed by atoms with E-state index >= 15 is 0 Å². The van der Waals surface area contributed by atoms with Crippen LogP contribution in [0.25, 0.3) is 0 Å². The zero-order valence-electron chi connectivity index (χ0n) is 12.7. The highest BCUT2D eigenvalue weighted by Crippen LogP contribution is 2.27. The van der Waals surface area contributed by atoms with Crippen molar-refractivity contribution >= 4 is 12.0 Å². The third-order valence-electron chi connectivity index (χ3n) is 4.71. The number of aliphatic carboxylic acids is 1. The Labute approximate surface area is 121 Å². The van der Waals surface area contributed by atoms with E-state index in [0.717, 1.165) is 12.3 Å². The van der Waals surface area contributed by atoms with Crippen LogP contribution < -0.4 is 10.6 Å². The summed E-state index contributed by atoms with van der Waals surface area (Å²) in [6.45, 7) is 4.55. The van der Waals surface area contributed by atoms with Crippen LogP contribution in [0.2, 0.25) is 0 Å². The fourth-order valence-corrected chi connectivity index (χ4v) is 2.88. The van der Waals surface area contributed by atoms with Gasteiger partial charge in [-0.3, -0.25) is 4.79 Å². The van der Waals surface area contributed by atoms with Crippen LogP contribution in [0, 0.1) is 11.3 Å². The lowest BCUT2D eigenvalue weighted by atomic mass is 9.82. The quantitative estimate of drug-likeness (QED) is 0.641. The van der Waals surface area contributed by atoms with Crippen molar-refractivity contribution in [3.05, 3.63) is 0 Å². The van der Waals surface area contributed by atoms with Crippen LogP contribution in [0.1, 0.15) is 58.8 Å². The average Bonchev–Trinajstić information content (AvgIpc) is 2.93. The van der Waals surface area contributed by atoms with Gasteiger partial charge in [0.15, 0.2) is 0 Å². The maximum absolute atomic E-state index is 11.7. The molecule has 0 aromatic carbocycles. The Hall–Kier alpha value is -1.26. The molecular weight excluding hydrogens is 256 g/mol. The lowest BCUT2D eigenvalue weighted by Crippen LogP contribution is -2.46. The van der Waals surface area contributed by atoms with Crippen molar-refractivity contribution in [2.75, 3.05) is 13.1 Å². The second-order valence-corrected chi connectivity index (χ2v) is 5.84. The molecule has 3 N–H and O–H groups in total. The third-order valence-corrected chi connectivity index (χ3v) is 4.71. The molecule has 5 heteroatoms. The number of carbonyl (C=O) groups excluding carboxylic acids is 1. The molecule has 2 amide bonds. The fraction of sp³-hybridized carbons (Fsp3) is 0.867. The monoisotopic (exact) mass is 284 g/mol. The second-order valence-electron chi connectivity index (χ2n) is 5.84. The summed E-state index contributed by atoms with van der Waals surface area (Å²) in [5.41, 5.74) is -0.844. The molecule has 0 atom stereocenters. The minimum atomic E-state index is -0.844. The lowest BCUT2D eigenvalue weighted by molar-refractivity contribution is -0.149. The van der Waals surface area contributed by atoms with Gasteiger partial charge >= 0.3 is 12.0 Å². The molecular formula is C15H28N2O3. The van der Waals surface area contributed by atoms with E-state index < -0.39 is 11.4 Å². The second kappa shape index (κ2) is 8.12. The summed E-state index contributed by atoms with van der Waals surface area (Å²) in [5, 5.41) is 14.8. The van der Waals surface area contributed by atoms with Gasteiger partial charge in [0.25, 0.3) is 0 Å². The van der Waals surface area contributed by atoms with Gasteiger partial charge in [0.05, 0.1) is 5.41 Å². The molecule has 0 unspecified atom stereocenters. The van der Waals surface area contributed by atoms with Crippen molar-refractivity contribution in [2.24, 2.45) is 11.3 Å². The molecule has 0 radical (unpaired) electrons. The minimum absolute atomic E-state index is 0.185. The normalized spacial score (nSPS) is 16.1. The summed E-state index contributed by atoms with van der Waals surface area (Å²) in [4.78, 5) is 23.0. The molecule has 0 aliphatic heterocycles. The zero-order chi connectivity index (χ0) is 15.0. The fourth-order valence-electron chi connectivity index (χ4n) is 2.88. The number of carbonyl (C=O) groups is 2. The van der Waals surface area contributed by atoms with Gasteiger partial charge in [-0.15, -0.1) is 0 Å². The van der Waals surface area contributed by atoms with Gasteiger partial charge < -0.3 is 15.7 Å². The Morgan fingerprint density at radius 3 is 2.25 bits per heavy atom. The third kappa shape index (κ3) is 4.69. The molecule has 0 bridgehead atoms. The molecule has 1 aliphatic rings. The molecule has 1 aliphatic carbocycles. The summed E-state index contributed by atoms with van der Waals surface area (Å²) in [7, 11) is 0. The number of carboxylic acid groups (broad SMARTS) is 1. The van der Waals surface area contributed by atoms with Crippen LogP contribution >= 0.6 is 0 Å². The Kier molecular flexibility index (Phi) is 6.82. The molecule has 1 saturated carbocycles. The molecule has 1 rings (SSSR count). The van der Waals surface area contributed by atoms with Gasteiger partial charge in [-0.1, -0.05) is 39.5 Å². The largest absolute Gasteiger partial charge is 0.481 e. The maximum atomic E-state index is 11.7. The Morgan fingerprint density at radius 2 is 1.75 bits per heavy atom. The van der Waals surface area contributed by atoms with E-state index in [1.54, 1.807) is 0 Å². The summed E-state index contributed by atoms with van der Waals surface area (Å²) in [6.07, 6.45) is 7.23. The number of urea groups is 1. The van der Waals surface area contributed by atoms with E-state index in [9.17, 15) is 14.7 Å². The SMILES string of the molecule is CCC(CC)(CNC(=O)NCCC1CCCC1)C(=O)O. The molecule has 0 aromatic rings. The molecule has 0 aromatic heterocycles. The van der Waals surface area contributed by atoms with Crippen molar-refractivity contribution in [3.63, 3.8) is 0 Å². The molecule has 0 heterocycles. The van der Waals surface area contributed by atoms with Crippen LogP contribution in [0.15, 0.2) is 0 Å². The molecule has 116 valence electrons. The lowest BCUT2D eigenvalue weighted by Gasteiger charge is -2.26. The maximum Gasteiger partial charge on any atom is 0.314 e. The predicted molar refractivity (Wildman–Crippen MR) is 78.6 cm³/mol. The number of rotatable bonds is 8.